The van der Waals surface area contributed by atoms with Crippen LogP contribution in [-0.4, -0.2) is 45.1 Å². The maximum atomic E-state index is 12.2. The summed E-state index contributed by atoms with van der Waals surface area (Å²) in [5, 5.41) is 7.28. The van der Waals surface area contributed by atoms with Crippen LogP contribution in [0.2, 0.25) is 0 Å². The van der Waals surface area contributed by atoms with Gasteiger partial charge < -0.3 is 5.32 Å². The second-order valence-electron chi connectivity index (χ2n) is 6.68. The van der Waals surface area contributed by atoms with Crippen molar-refractivity contribution in [3.8, 4) is 0 Å². The number of hydrogen-bond acceptors (Lipinski definition) is 5. The van der Waals surface area contributed by atoms with Crippen LogP contribution in [0, 0.1) is 0 Å². The standard InChI is InChI=1S/C19H24N2O3S2/c1-26(23,24)17-6-3-15(4-7-17)5-8-19(22)20-13-18(21-10-2-11-21)16-9-12-25-14-16/h3-4,6-7,9,12,14,18H,2,5,8,10-11,13H2,1H3,(H,20,22). The molecular formula is C19H24N2O3S2. The molecule has 1 saturated heterocycles. The Morgan fingerprint density at radius 3 is 2.50 bits per heavy atom. The number of sulfone groups is 1. The molecule has 1 N–H and O–H groups in total. The zero-order valence-electron chi connectivity index (χ0n) is 14.8. The van der Waals surface area contributed by atoms with E-state index in [9.17, 15) is 13.2 Å². The zero-order chi connectivity index (χ0) is 18.6. The number of aryl methyl sites for hydroxylation is 1. The minimum atomic E-state index is -3.18. The van der Waals surface area contributed by atoms with Gasteiger partial charge >= 0.3 is 0 Å². The summed E-state index contributed by atoms with van der Waals surface area (Å²) in [5.41, 5.74) is 2.23. The lowest BCUT2D eigenvalue weighted by Crippen LogP contribution is -2.45. The molecule has 140 valence electrons. The molecule has 1 aromatic carbocycles. The highest BCUT2D eigenvalue weighted by molar-refractivity contribution is 7.90. The molecule has 7 heteroatoms. The van der Waals surface area contributed by atoms with Crippen molar-refractivity contribution < 1.29 is 13.2 Å². The Bertz CT molecular complexity index is 826. The highest BCUT2D eigenvalue weighted by Gasteiger charge is 2.25. The van der Waals surface area contributed by atoms with Gasteiger partial charge in [-0.15, -0.1) is 0 Å². The van der Waals surface area contributed by atoms with Crippen molar-refractivity contribution in [2.75, 3.05) is 25.9 Å². The molecule has 0 radical (unpaired) electrons. The molecule has 1 fully saturated rings. The molecule has 1 unspecified atom stereocenters. The van der Waals surface area contributed by atoms with Gasteiger partial charge in [0.1, 0.15) is 0 Å². The lowest BCUT2D eigenvalue weighted by Gasteiger charge is -2.38. The van der Waals surface area contributed by atoms with Crippen LogP contribution in [0.5, 0.6) is 0 Å². The second kappa shape index (κ2) is 8.33. The van der Waals surface area contributed by atoms with Gasteiger partial charge in [0.05, 0.1) is 10.9 Å². The smallest absolute Gasteiger partial charge is 0.220 e. The molecule has 3 rings (SSSR count). The van der Waals surface area contributed by atoms with Crippen LogP contribution in [-0.2, 0) is 21.1 Å². The van der Waals surface area contributed by atoms with Gasteiger partial charge in [-0.1, -0.05) is 12.1 Å². The summed E-state index contributed by atoms with van der Waals surface area (Å²) in [5.74, 6) is 0.0259. The molecule has 1 aliphatic heterocycles. The average molecular weight is 393 g/mol. The van der Waals surface area contributed by atoms with Gasteiger partial charge in [0, 0.05) is 32.3 Å². The van der Waals surface area contributed by atoms with Crippen LogP contribution in [0.25, 0.3) is 0 Å². The molecular weight excluding hydrogens is 368 g/mol. The molecule has 1 aliphatic rings. The van der Waals surface area contributed by atoms with E-state index >= 15 is 0 Å². The lowest BCUT2D eigenvalue weighted by atomic mass is 10.0. The third kappa shape index (κ3) is 4.93. The Kier molecular flexibility index (Phi) is 6.11. The summed E-state index contributed by atoms with van der Waals surface area (Å²) in [6, 6.07) is 9.13. The highest BCUT2D eigenvalue weighted by Crippen LogP contribution is 2.26. The van der Waals surface area contributed by atoms with E-state index in [0.717, 1.165) is 18.7 Å². The molecule has 0 spiro atoms. The van der Waals surface area contributed by atoms with Crippen LogP contribution < -0.4 is 5.32 Å². The van der Waals surface area contributed by atoms with Gasteiger partial charge in [0.15, 0.2) is 9.84 Å². The highest BCUT2D eigenvalue weighted by atomic mass is 32.2. The van der Waals surface area contributed by atoms with Gasteiger partial charge in [-0.3, -0.25) is 9.69 Å². The zero-order valence-corrected chi connectivity index (χ0v) is 16.5. The first kappa shape index (κ1) is 19.1. The van der Waals surface area contributed by atoms with Gasteiger partial charge in [-0.25, -0.2) is 8.42 Å². The topological polar surface area (TPSA) is 66.5 Å². The first-order valence-electron chi connectivity index (χ1n) is 8.75. The molecule has 5 nitrogen and oxygen atoms in total. The first-order chi connectivity index (χ1) is 12.4. The Hall–Kier alpha value is -1.70. The SMILES string of the molecule is CS(=O)(=O)c1ccc(CCC(=O)NCC(c2ccsc2)N2CCC2)cc1. The van der Waals surface area contributed by atoms with E-state index in [1.165, 1.54) is 18.2 Å². The molecule has 2 aromatic rings. The summed E-state index contributed by atoms with van der Waals surface area (Å²) < 4.78 is 22.9. The van der Waals surface area contributed by atoms with Crippen LogP contribution in [0.4, 0.5) is 0 Å². The lowest BCUT2D eigenvalue weighted by molar-refractivity contribution is -0.121. The monoisotopic (exact) mass is 392 g/mol. The third-order valence-corrected chi connectivity index (χ3v) is 6.57. The molecule has 0 bridgehead atoms. The number of rotatable bonds is 8. The maximum Gasteiger partial charge on any atom is 0.220 e. The van der Waals surface area contributed by atoms with E-state index in [1.807, 2.05) is 0 Å². The Morgan fingerprint density at radius 2 is 1.96 bits per heavy atom. The van der Waals surface area contributed by atoms with E-state index < -0.39 is 9.84 Å². The number of carbonyl (C=O) groups excluding carboxylic acids is 1. The van der Waals surface area contributed by atoms with Crippen molar-refractivity contribution >= 4 is 27.1 Å². The largest absolute Gasteiger partial charge is 0.354 e. The Balaban J connectivity index is 1.49. The summed E-state index contributed by atoms with van der Waals surface area (Å²) in [7, 11) is -3.18. The fourth-order valence-corrected chi connectivity index (χ4v) is 4.37. The van der Waals surface area contributed by atoms with Gasteiger partial charge in [-0.05, 0) is 52.9 Å². The summed E-state index contributed by atoms with van der Waals surface area (Å²) >= 11 is 1.68. The summed E-state index contributed by atoms with van der Waals surface area (Å²) in [6.07, 6.45) is 3.41. The van der Waals surface area contributed by atoms with Crippen molar-refractivity contribution in [2.24, 2.45) is 0 Å². The number of hydrogen-bond donors (Lipinski definition) is 1. The molecule has 1 atom stereocenters. The quantitative estimate of drug-likeness (QED) is 0.750. The van der Waals surface area contributed by atoms with Gasteiger partial charge in [0.2, 0.25) is 5.91 Å². The van der Waals surface area contributed by atoms with Crippen molar-refractivity contribution in [2.45, 2.75) is 30.2 Å². The maximum absolute atomic E-state index is 12.2. The number of nitrogens with zero attached hydrogens (tertiary/aromatic N) is 1. The predicted molar refractivity (Wildman–Crippen MR) is 104 cm³/mol. The second-order valence-corrected chi connectivity index (χ2v) is 9.48. The number of thiophene rings is 1. The number of nitrogens with one attached hydrogen (secondary N) is 1. The number of carbonyl (C=O) groups is 1. The Labute approximate surface area is 159 Å². The normalized spacial score (nSPS) is 16.0. The summed E-state index contributed by atoms with van der Waals surface area (Å²) in [6.45, 7) is 2.80. The fraction of sp³-hybridized carbons (Fsp3) is 0.421. The van der Waals surface area contributed by atoms with E-state index in [0.29, 0.717) is 24.3 Å². The van der Waals surface area contributed by atoms with Crippen molar-refractivity contribution in [1.29, 1.82) is 0 Å². The summed E-state index contributed by atoms with van der Waals surface area (Å²) in [4.78, 5) is 14.9. The van der Waals surface area contributed by atoms with Crippen molar-refractivity contribution in [3.63, 3.8) is 0 Å². The molecule has 2 heterocycles. The van der Waals surface area contributed by atoms with Crippen molar-refractivity contribution in [1.82, 2.24) is 10.2 Å². The van der Waals surface area contributed by atoms with E-state index in [4.69, 9.17) is 0 Å². The Morgan fingerprint density at radius 1 is 1.23 bits per heavy atom. The minimum absolute atomic E-state index is 0.0259. The van der Waals surface area contributed by atoms with Crippen LogP contribution in [0.15, 0.2) is 46.0 Å². The van der Waals surface area contributed by atoms with Gasteiger partial charge in [0.25, 0.3) is 0 Å². The first-order valence-corrected chi connectivity index (χ1v) is 11.6. The van der Waals surface area contributed by atoms with Crippen LogP contribution in [0.1, 0.15) is 30.0 Å². The number of benzene rings is 1. The van der Waals surface area contributed by atoms with Crippen LogP contribution in [0.3, 0.4) is 0 Å². The van der Waals surface area contributed by atoms with Crippen molar-refractivity contribution in [3.05, 3.63) is 52.2 Å². The minimum Gasteiger partial charge on any atom is -0.354 e. The fourth-order valence-electron chi connectivity index (χ4n) is 3.03. The molecule has 1 aromatic heterocycles. The molecule has 0 aliphatic carbocycles. The predicted octanol–water partition coefficient (Wildman–Crippen LogP) is 2.65. The van der Waals surface area contributed by atoms with E-state index in [2.05, 4.69) is 27.0 Å². The molecule has 26 heavy (non-hydrogen) atoms. The number of likely N-dealkylation sites (tertiary alicyclic amines) is 1. The van der Waals surface area contributed by atoms with E-state index in [-0.39, 0.29) is 11.9 Å². The van der Waals surface area contributed by atoms with Gasteiger partial charge in [-0.2, -0.15) is 11.3 Å². The third-order valence-electron chi connectivity index (χ3n) is 4.74. The van der Waals surface area contributed by atoms with E-state index in [1.54, 1.807) is 35.6 Å². The molecule has 0 saturated carbocycles. The average Bonchev–Trinajstić information content (AvgIpc) is 3.08. The molecule has 1 amide bonds. The van der Waals surface area contributed by atoms with Crippen LogP contribution >= 0.6 is 11.3 Å². The number of amides is 1.